The van der Waals surface area contributed by atoms with Gasteiger partial charge in [0, 0.05) is 6.04 Å². The Kier molecular flexibility index (Phi) is 4.45. The van der Waals surface area contributed by atoms with E-state index in [4.69, 9.17) is 0 Å². The van der Waals surface area contributed by atoms with Crippen LogP contribution in [-0.2, 0) is 12.6 Å². The lowest BCUT2D eigenvalue weighted by Crippen LogP contribution is -2.34. The summed E-state index contributed by atoms with van der Waals surface area (Å²) in [6.45, 7) is 0.960. The molecule has 1 unspecified atom stereocenters. The smallest absolute Gasteiger partial charge is 0.314 e. The standard InChI is InChI=1S/C14H17F4N/c15-12-8-10(7-11(9-12)14(16,17)18)4-5-13-3-1-2-6-19-13/h7-9,13,19H,1-6H2. The topological polar surface area (TPSA) is 12.0 Å². The van der Waals surface area contributed by atoms with E-state index in [9.17, 15) is 17.6 Å². The molecule has 1 aromatic carbocycles. The molecule has 1 aliphatic heterocycles. The Hall–Kier alpha value is -1.10. The van der Waals surface area contributed by atoms with E-state index in [1.807, 2.05) is 0 Å². The molecule has 1 saturated heterocycles. The largest absolute Gasteiger partial charge is 0.416 e. The third-order valence-corrected chi connectivity index (χ3v) is 3.48. The van der Waals surface area contributed by atoms with E-state index >= 15 is 0 Å². The number of hydrogen-bond donors (Lipinski definition) is 1. The van der Waals surface area contributed by atoms with Crippen molar-refractivity contribution in [3.63, 3.8) is 0 Å². The monoisotopic (exact) mass is 275 g/mol. The van der Waals surface area contributed by atoms with Gasteiger partial charge in [0.25, 0.3) is 0 Å². The van der Waals surface area contributed by atoms with Crippen molar-refractivity contribution in [1.82, 2.24) is 5.32 Å². The van der Waals surface area contributed by atoms with Crippen LogP contribution in [0.3, 0.4) is 0 Å². The zero-order chi connectivity index (χ0) is 13.9. The second-order valence-corrected chi connectivity index (χ2v) is 5.03. The van der Waals surface area contributed by atoms with Gasteiger partial charge in [0.05, 0.1) is 5.56 Å². The first kappa shape index (κ1) is 14.3. The zero-order valence-corrected chi connectivity index (χ0v) is 10.6. The number of piperidine rings is 1. The maximum atomic E-state index is 13.2. The fourth-order valence-electron chi connectivity index (χ4n) is 2.47. The van der Waals surface area contributed by atoms with Gasteiger partial charge in [-0.2, -0.15) is 13.2 Å². The molecule has 0 bridgehead atoms. The second kappa shape index (κ2) is 5.90. The summed E-state index contributed by atoms with van der Waals surface area (Å²) in [5.41, 5.74) is -0.487. The Balaban J connectivity index is 2.01. The van der Waals surface area contributed by atoms with Gasteiger partial charge in [-0.3, -0.25) is 0 Å². The molecule has 0 aromatic heterocycles. The van der Waals surface area contributed by atoms with Crippen LogP contribution in [0.2, 0.25) is 0 Å². The highest BCUT2D eigenvalue weighted by atomic mass is 19.4. The van der Waals surface area contributed by atoms with Crippen molar-refractivity contribution in [3.05, 3.63) is 35.1 Å². The van der Waals surface area contributed by atoms with Gasteiger partial charge in [-0.1, -0.05) is 6.42 Å². The van der Waals surface area contributed by atoms with Crippen LogP contribution in [0.1, 0.15) is 36.8 Å². The van der Waals surface area contributed by atoms with E-state index in [2.05, 4.69) is 5.32 Å². The molecule has 1 fully saturated rings. The highest BCUT2D eigenvalue weighted by molar-refractivity contribution is 5.27. The summed E-state index contributed by atoms with van der Waals surface area (Å²) in [6.07, 6.45) is 0.0734. The first-order valence-corrected chi connectivity index (χ1v) is 6.55. The fraction of sp³-hybridized carbons (Fsp3) is 0.571. The van der Waals surface area contributed by atoms with Gasteiger partial charge >= 0.3 is 6.18 Å². The van der Waals surface area contributed by atoms with Crippen LogP contribution in [0, 0.1) is 5.82 Å². The molecule has 1 aliphatic rings. The first-order chi connectivity index (χ1) is 8.95. The first-order valence-electron chi connectivity index (χ1n) is 6.55. The number of nitrogens with one attached hydrogen (secondary N) is 1. The lowest BCUT2D eigenvalue weighted by molar-refractivity contribution is -0.137. The lowest BCUT2D eigenvalue weighted by atomic mass is 9.97. The van der Waals surface area contributed by atoms with Crippen LogP contribution in [0.15, 0.2) is 18.2 Å². The molecule has 1 nitrogen and oxygen atoms in total. The number of aryl methyl sites for hydroxylation is 1. The second-order valence-electron chi connectivity index (χ2n) is 5.03. The average Bonchev–Trinajstić information content (AvgIpc) is 2.36. The third-order valence-electron chi connectivity index (χ3n) is 3.48. The molecular formula is C14H17F4N. The molecule has 1 aromatic rings. The van der Waals surface area contributed by atoms with Crippen LogP contribution in [-0.4, -0.2) is 12.6 Å². The Bertz CT molecular complexity index is 422. The number of halogens is 4. The summed E-state index contributed by atoms with van der Waals surface area (Å²) in [7, 11) is 0. The number of hydrogen-bond acceptors (Lipinski definition) is 1. The van der Waals surface area contributed by atoms with Gasteiger partial charge in [-0.05, 0) is 56.0 Å². The molecule has 0 amide bonds. The Morgan fingerprint density at radius 3 is 2.58 bits per heavy atom. The van der Waals surface area contributed by atoms with E-state index < -0.39 is 17.6 Å². The number of benzene rings is 1. The molecule has 1 heterocycles. The molecule has 0 radical (unpaired) electrons. The quantitative estimate of drug-likeness (QED) is 0.824. The molecule has 0 spiro atoms. The van der Waals surface area contributed by atoms with E-state index in [1.54, 1.807) is 0 Å². The van der Waals surface area contributed by atoms with Crippen LogP contribution in [0.5, 0.6) is 0 Å². The summed E-state index contributed by atoms with van der Waals surface area (Å²) >= 11 is 0. The molecule has 106 valence electrons. The Morgan fingerprint density at radius 2 is 1.95 bits per heavy atom. The van der Waals surface area contributed by atoms with Crippen LogP contribution < -0.4 is 5.32 Å². The molecule has 0 saturated carbocycles. The molecule has 1 atom stereocenters. The van der Waals surface area contributed by atoms with Crippen molar-refractivity contribution in [1.29, 1.82) is 0 Å². The van der Waals surface area contributed by atoms with Crippen LogP contribution in [0.25, 0.3) is 0 Å². The molecule has 1 N–H and O–H groups in total. The average molecular weight is 275 g/mol. The summed E-state index contributed by atoms with van der Waals surface area (Å²) < 4.78 is 50.9. The van der Waals surface area contributed by atoms with Gasteiger partial charge in [-0.15, -0.1) is 0 Å². The minimum absolute atomic E-state index is 0.339. The predicted octanol–water partition coefficient (Wildman–Crippen LogP) is 3.92. The summed E-state index contributed by atoms with van der Waals surface area (Å²) in [5.74, 6) is -0.818. The van der Waals surface area contributed by atoms with Crippen molar-refractivity contribution in [2.45, 2.75) is 44.3 Å². The van der Waals surface area contributed by atoms with Crippen LogP contribution >= 0.6 is 0 Å². The number of alkyl halides is 3. The van der Waals surface area contributed by atoms with Crippen molar-refractivity contribution >= 4 is 0 Å². The van der Waals surface area contributed by atoms with Crippen molar-refractivity contribution in [2.75, 3.05) is 6.54 Å². The minimum atomic E-state index is -4.49. The van der Waals surface area contributed by atoms with Crippen molar-refractivity contribution < 1.29 is 17.6 Å². The van der Waals surface area contributed by atoms with E-state index in [0.717, 1.165) is 38.3 Å². The maximum Gasteiger partial charge on any atom is 0.416 e. The van der Waals surface area contributed by atoms with Crippen LogP contribution in [0.4, 0.5) is 17.6 Å². The van der Waals surface area contributed by atoms with E-state index in [1.165, 1.54) is 6.07 Å². The molecular weight excluding hydrogens is 258 g/mol. The molecule has 19 heavy (non-hydrogen) atoms. The van der Waals surface area contributed by atoms with Crippen molar-refractivity contribution in [2.24, 2.45) is 0 Å². The Morgan fingerprint density at radius 1 is 1.16 bits per heavy atom. The minimum Gasteiger partial charge on any atom is -0.314 e. The van der Waals surface area contributed by atoms with Gasteiger partial charge in [0.15, 0.2) is 0 Å². The maximum absolute atomic E-state index is 13.2. The summed E-state index contributed by atoms with van der Waals surface area (Å²) in [6, 6.07) is 3.12. The molecule has 0 aliphatic carbocycles. The normalized spacial score (nSPS) is 20.5. The van der Waals surface area contributed by atoms with Gasteiger partial charge < -0.3 is 5.32 Å². The number of rotatable bonds is 3. The third kappa shape index (κ3) is 4.20. The fourth-order valence-corrected chi connectivity index (χ4v) is 2.47. The highest BCUT2D eigenvalue weighted by Crippen LogP contribution is 2.30. The SMILES string of the molecule is Fc1cc(CCC2CCCCN2)cc(C(F)(F)F)c1. The van der Waals surface area contributed by atoms with E-state index in [-0.39, 0.29) is 0 Å². The lowest BCUT2D eigenvalue weighted by Gasteiger charge is -2.23. The highest BCUT2D eigenvalue weighted by Gasteiger charge is 2.31. The molecule has 2 rings (SSSR count). The van der Waals surface area contributed by atoms with Gasteiger partial charge in [0.2, 0.25) is 0 Å². The van der Waals surface area contributed by atoms with Gasteiger partial charge in [0.1, 0.15) is 5.82 Å². The summed E-state index contributed by atoms with van der Waals surface area (Å²) in [5, 5.41) is 3.33. The van der Waals surface area contributed by atoms with Gasteiger partial charge in [-0.25, -0.2) is 4.39 Å². The van der Waals surface area contributed by atoms with E-state index in [0.29, 0.717) is 24.1 Å². The zero-order valence-electron chi connectivity index (χ0n) is 10.6. The summed E-state index contributed by atoms with van der Waals surface area (Å²) in [4.78, 5) is 0. The Labute approximate surface area is 110 Å². The molecule has 5 heteroatoms. The van der Waals surface area contributed by atoms with Crippen molar-refractivity contribution in [3.8, 4) is 0 Å². The predicted molar refractivity (Wildman–Crippen MR) is 65.4 cm³/mol.